The molecular formula is C14H27LiO2. The van der Waals surface area contributed by atoms with Crippen molar-refractivity contribution < 1.29 is 28.3 Å². The Kier molecular flexibility index (Phi) is 21.5. The summed E-state index contributed by atoms with van der Waals surface area (Å²) in [5.41, 5.74) is 0. The quantitative estimate of drug-likeness (QED) is 0.166. The van der Waals surface area contributed by atoms with Crippen molar-refractivity contribution in [2.75, 3.05) is 20.0 Å². The third kappa shape index (κ3) is 18.8. The van der Waals surface area contributed by atoms with E-state index in [0.717, 1.165) is 32.5 Å². The van der Waals surface area contributed by atoms with Crippen LogP contribution in [-0.4, -0.2) is 20.0 Å². The van der Waals surface area contributed by atoms with Gasteiger partial charge in [-0.05, 0) is 12.8 Å². The Morgan fingerprint density at radius 1 is 0.941 bits per heavy atom. The van der Waals surface area contributed by atoms with Crippen molar-refractivity contribution in [3.8, 4) is 0 Å². The first-order valence-corrected chi connectivity index (χ1v) is 6.51. The molecule has 0 fully saturated rings. The van der Waals surface area contributed by atoms with Crippen LogP contribution in [0.3, 0.4) is 0 Å². The van der Waals surface area contributed by atoms with Crippen LogP contribution in [0.4, 0.5) is 0 Å². The van der Waals surface area contributed by atoms with Gasteiger partial charge in [-0.15, -0.1) is 6.08 Å². The minimum absolute atomic E-state index is 0. The molecule has 0 rings (SSSR count). The van der Waals surface area contributed by atoms with Crippen LogP contribution in [0.5, 0.6) is 0 Å². The van der Waals surface area contributed by atoms with Crippen molar-refractivity contribution in [3.63, 3.8) is 0 Å². The number of rotatable bonds is 12. The van der Waals surface area contributed by atoms with Crippen LogP contribution < -0.4 is 18.9 Å². The van der Waals surface area contributed by atoms with Crippen LogP contribution in [0.15, 0.2) is 12.2 Å². The van der Waals surface area contributed by atoms with E-state index in [-0.39, 0.29) is 18.9 Å². The molecule has 0 amide bonds. The second-order valence-corrected chi connectivity index (χ2v) is 3.90. The zero-order valence-corrected chi connectivity index (χ0v) is 11.7. The first-order chi connectivity index (χ1) is 7.91. The van der Waals surface area contributed by atoms with E-state index in [1.807, 2.05) is 0 Å². The molecule has 0 aromatic rings. The molecule has 0 aromatic heterocycles. The van der Waals surface area contributed by atoms with Crippen LogP contribution in [0.2, 0.25) is 0 Å². The van der Waals surface area contributed by atoms with Gasteiger partial charge >= 0.3 is 18.9 Å². The Morgan fingerprint density at radius 3 is 2.35 bits per heavy atom. The van der Waals surface area contributed by atoms with Crippen molar-refractivity contribution in [2.45, 2.75) is 51.9 Å². The molecule has 0 saturated heterocycles. The van der Waals surface area contributed by atoms with E-state index in [0.29, 0.717) is 6.79 Å². The zero-order chi connectivity index (χ0) is 11.9. The van der Waals surface area contributed by atoms with E-state index in [2.05, 4.69) is 26.0 Å². The second-order valence-electron chi connectivity index (χ2n) is 3.90. The summed E-state index contributed by atoms with van der Waals surface area (Å²) < 4.78 is 10.7. The summed E-state index contributed by atoms with van der Waals surface area (Å²) in [5.74, 6) is 0. The van der Waals surface area contributed by atoms with E-state index in [9.17, 15) is 0 Å². The molecule has 0 aliphatic rings. The van der Waals surface area contributed by atoms with Crippen LogP contribution >= 0.6 is 0 Å². The number of allylic oxidation sites excluding steroid dienone is 1. The minimum atomic E-state index is 0. The minimum Gasteiger partial charge on any atom is -0.355 e. The van der Waals surface area contributed by atoms with Crippen molar-refractivity contribution >= 4 is 0 Å². The predicted octanol–water partition coefficient (Wildman–Crippen LogP) is 1.12. The molecule has 0 aromatic carbocycles. The van der Waals surface area contributed by atoms with Gasteiger partial charge in [0, 0.05) is 6.61 Å². The molecule has 17 heavy (non-hydrogen) atoms. The normalized spacial score (nSPS) is 10.7. The first-order valence-electron chi connectivity index (χ1n) is 6.51. The maximum absolute atomic E-state index is 5.36. The van der Waals surface area contributed by atoms with E-state index in [4.69, 9.17) is 9.47 Å². The average molecular weight is 234 g/mol. The van der Waals surface area contributed by atoms with E-state index < -0.39 is 0 Å². The molecule has 96 valence electrons. The fourth-order valence-electron chi connectivity index (χ4n) is 1.37. The monoisotopic (exact) mass is 234 g/mol. The smallest absolute Gasteiger partial charge is 0.355 e. The van der Waals surface area contributed by atoms with Crippen LogP contribution in [-0.2, 0) is 9.47 Å². The van der Waals surface area contributed by atoms with Gasteiger partial charge in [-0.1, -0.05) is 38.7 Å². The molecule has 0 atom stereocenters. The summed E-state index contributed by atoms with van der Waals surface area (Å²) in [5, 5.41) is 0. The summed E-state index contributed by atoms with van der Waals surface area (Å²) >= 11 is 0. The van der Waals surface area contributed by atoms with Gasteiger partial charge in [-0.25, -0.2) is 0 Å². The zero-order valence-electron chi connectivity index (χ0n) is 11.7. The Labute approximate surface area is 119 Å². The third-order valence-corrected chi connectivity index (χ3v) is 2.32. The molecule has 0 N–H and O–H groups in total. The first kappa shape index (κ1) is 19.6. The van der Waals surface area contributed by atoms with Gasteiger partial charge in [0.2, 0.25) is 0 Å². The predicted molar refractivity (Wildman–Crippen MR) is 69.3 cm³/mol. The number of unbranched alkanes of at least 4 members (excludes halogenated alkanes) is 4. The van der Waals surface area contributed by atoms with Crippen molar-refractivity contribution in [3.05, 3.63) is 19.1 Å². The molecule has 0 radical (unpaired) electrons. The van der Waals surface area contributed by atoms with E-state index in [1.54, 1.807) is 0 Å². The fraction of sp³-hybridized carbons (Fsp3) is 0.786. The van der Waals surface area contributed by atoms with Gasteiger partial charge < -0.3 is 16.4 Å². The Bertz CT molecular complexity index is 149. The molecule has 3 heteroatoms. The molecule has 0 spiro atoms. The Hall–Kier alpha value is 0.257. The summed E-state index contributed by atoms with van der Waals surface area (Å²) in [7, 11) is 0. The van der Waals surface area contributed by atoms with Gasteiger partial charge in [0.15, 0.2) is 0 Å². The SMILES string of the molecule is [CH2-]C/C=C\CCOCOCCCCCCC.[Li+]. The van der Waals surface area contributed by atoms with Gasteiger partial charge in [0.05, 0.1) is 6.61 Å². The largest absolute Gasteiger partial charge is 1.00 e. The van der Waals surface area contributed by atoms with Gasteiger partial charge in [0.1, 0.15) is 6.79 Å². The topological polar surface area (TPSA) is 18.5 Å². The van der Waals surface area contributed by atoms with Crippen LogP contribution in [0.25, 0.3) is 0 Å². The van der Waals surface area contributed by atoms with E-state index in [1.165, 1.54) is 25.7 Å². The van der Waals surface area contributed by atoms with Crippen molar-refractivity contribution in [1.82, 2.24) is 0 Å². The summed E-state index contributed by atoms with van der Waals surface area (Å²) in [6, 6.07) is 0. The fourth-order valence-corrected chi connectivity index (χ4v) is 1.37. The van der Waals surface area contributed by atoms with Crippen LogP contribution in [0, 0.1) is 6.92 Å². The van der Waals surface area contributed by atoms with Crippen molar-refractivity contribution in [2.24, 2.45) is 0 Å². The van der Waals surface area contributed by atoms with E-state index >= 15 is 0 Å². The van der Waals surface area contributed by atoms with Gasteiger partial charge in [-0.3, -0.25) is 0 Å². The molecule has 0 unspecified atom stereocenters. The standard InChI is InChI=1S/C14H27O2.Li/c1-3-5-7-9-11-13-16-14-15-12-10-8-6-4-2;/h6,8H,2-5,7,9-14H2,1H3;/q-1;+1/b8-6-;. The molecule has 0 heterocycles. The van der Waals surface area contributed by atoms with Crippen molar-refractivity contribution in [1.29, 1.82) is 0 Å². The molecule has 2 nitrogen and oxygen atoms in total. The average Bonchev–Trinajstić information content (AvgIpc) is 2.31. The molecule has 0 bridgehead atoms. The second kappa shape index (κ2) is 18.6. The number of hydrogen-bond acceptors (Lipinski definition) is 2. The van der Waals surface area contributed by atoms with Crippen LogP contribution in [0.1, 0.15) is 51.9 Å². The third-order valence-electron chi connectivity index (χ3n) is 2.32. The maximum Gasteiger partial charge on any atom is 1.00 e. The van der Waals surface area contributed by atoms with Gasteiger partial charge in [0.25, 0.3) is 0 Å². The van der Waals surface area contributed by atoms with Gasteiger partial charge in [-0.2, -0.15) is 6.42 Å². The summed E-state index contributed by atoms with van der Waals surface area (Å²) in [6.45, 7) is 7.96. The number of ether oxygens (including phenoxy) is 2. The summed E-state index contributed by atoms with van der Waals surface area (Å²) in [4.78, 5) is 0. The maximum atomic E-state index is 5.36. The Balaban J connectivity index is 0. The molecule has 0 saturated carbocycles. The number of hydrogen-bond donors (Lipinski definition) is 0. The molecular weight excluding hydrogens is 207 g/mol. The Morgan fingerprint density at radius 2 is 1.65 bits per heavy atom. The molecule has 0 aliphatic carbocycles. The summed E-state index contributed by atoms with van der Waals surface area (Å²) in [6.07, 6.45) is 12.4. The molecule has 0 aliphatic heterocycles.